The number of ether oxygens (including phenoxy) is 1. The predicted octanol–water partition coefficient (Wildman–Crippen LogP) is 2.45. The number of aromatic nitrogens is 1. The van der Waals surface area contributed by atoms with Gasteiger partial charge in [-0.05, 0) is 23.8 Å². The van der Waals surface area contributed by atoms with E-state index in [9.17, 15) is 0 Å². The van der Waals surface area contributed by atoms with Crippen LogP contribution in [0.3, 0.4) is 0 Å². The van der Waals surface area contributed by atoms with Gasteiger partial charge in [-0.25, -0.2) is 0 Å². The molecule has 1 fully saturated rings. The fraction of sp³-hybridized carbons (Fsp3) is 0.294. The van der Waals surface area contributed by atoms with Crippen molar-refractivity contribution in [3.63, 3.8) is 0 Å². The van der Waals surface area contributed by atoms with E-state index in [-0.39, 0.29) is 0 Å². The first-order valence-electron chi connectivity index (χ1n) is 7.11. The number of pyridine rings is 1. The number of benzene rings is 1. The van der Waals surface area contributed by atoms with E-state index in [1.54, 1.807) is 0 Å². The molecule has 0 bridgehead atoms. The number of nitrogens with zero attached hydrogens (tertiary/aromatic N) is 3. The topological polar surface area (TPSA) is 49.2 Å². The predicted molar refractivity (Wildman–Crippen MR) is 80.5 cm³/mol. The molecule has 106 valence electrons. The molecule has 2 aromatic rings. The van der Waals surface area contributed by atoms with Gasteiger partial charge in [0.1, 0.15) is 0 Å². The van der Waals surface area contributed by atoms with Gasteiger partial charge in [-0.3, -0.25) is 9.88 Å². The lowest BCUT2D eigenvalue weighted by atomic mass is 10.1. The minimum Gasteiger partial charge on any atom is -0.379 e. The van der Waals surface area contributed by atoms with Crippen molar-refractivity contribution in [1.82, 2.24) is 9.88 Å². The van der Waals surface area contributed by atoms with Crippen molar-refractivity contribution >= 4 is 0 Å². The van der Waals surface area contributed by atoms with Crippen LogP contribution in [0.5, 0.6) is 0 Å². The van der Waals surface area contributed by atoms with Crippen molar-refractivity contribution in [1.29, 1.82) is 5.26 Å². The molecule has 1 saturated heterocycles. The zero-order valence-electron chi connectivity index (χ0n) is 11.8. The van der Waals surface area contributed by atoms with Crippen molar-refractivity contribution in [2.75, 3.05) is 26.3 Å². The maximum absolute atomic E-state index is 8.81. The first kappa shape index (κ1) is 13.7. The van der Waals surface area contributed by atoms with E-state index < -0.39 is 0 Å². The number of hydrogen-bond donors (Lipinski definition) is 0. The summed E-state index contributed by atoms with van der Waals surface area (Å²) in [5.41, 5.74) is 3.86. The van der Waals surface area contributed by atoms with Crippen molar-refractivity contribution in [3.8, 4) is 17.3 Å². The fourth-order valence-electron chi connectivity index (χ4n) is 2.42. The lowest BCUT2D eigenvalue weighted by Gasteiger charge is -2.26. The second kappa shape index (κ2) is 6.49. The highest BCUT2D eigenvalue weighted by molar-refractivity contribution is 5.60. The summed E-state index contributed by atoms with van der Waals surface area (Å²) in [4.78, 5) is 6.91. The summed E-state index contributed by atoms with van der Waals surface area (Å²) in [5, 5.41) is 8.81. The molecule has 0 unspecified atom stereocenters. The Kier molecular flexibility index (Phi) is 4.25. The quantitative estimate of drug-likeness (QED) is 0.866. The summed E-state index contributed by atoms with van der Waals surface area (Å²) in [6.07, 6.45) is 1.93. The summed E-state index contributed by atoms with van der Waals surface area (Å²) in [7, 11) is 0. The Bertz CT molecular complexity index is 623. The van der Waals surface area contributed by atoms with E-state index in [1.165, 1.54) is 5.56 Å². The highest BCUT2D eigenvalue weighted by Crippen LogP contribution is 2.18. The Morgan fingerprint density at radius 3 is 2.48 bits per heavy atom. The van der Waals surface area contributed by atoms with Crippen LogP contribution in [0.4, 0.5) is 0 Å². The van der Waals surface area contributed by atoms with Crippen molar-refractivity contribution in [3.05, 3.63) is 53.7 Å². The maximum atomic E-state index is 8.81. The Labute approximate surface area is 124 Å². The van der Waals surface area contributed by atoms with E-state index >= 15 is 0 Å². The summed E-state index contributed by atoms with van der Waals surface area (Å²) in [6.45, 7) is 4.52. The average molecular weight is 279 g/mol. The highest BCUT2D eigenvalue weighted by atomic mass is 16.5. The largest absolute Gasteiger partial charge is 0.379 e. The van der Waals surface area contributed by atoms with Gasteiger partial charge in [0.2, 0.25) is 0 Å². The summed E-state index contributed by atoms with van der Waals surface area (Å²) in [6, 6.07) is 13.8. The lowest BCUT2D eigenvalue weighted by Crippen LogP contribution is -2.35. The molecule has 2 heterocycles. The average Bonchev–Trinajstić information content (AvgIpc) is 2.57. The summed E-state index contributed by atoms with van der Waals surface area (Å²) < 4.78 is 5.35. The Balaban J connectivity index is 1.69. The Morgan fingerprint density at radius 2 is 1.86 bits per heavy atom. The number of hydrogen-bond acceptors (Lipinski definition) is 4. The standard InChI is InChI=1S/C17H17N3O/c18-11-14-1-4-16(5-2-14)17-6-3-15(12-19-17)13-20-7-9-21-10-8-20/h1-6,12H,7-10,13H2. The minimum atomic E-state index is 0.669. The SMILES string of the molecule is N#Cc1ccc(-c2ccc(CN3CCOCC3)cn2)cc1. The molecule has 0 atom stereocenters. The second-order valence-electron chi connectivity index (χ2n) is 5.13. The molecule has 4 nitrogen and oxygen atoms in total. The third-order valence-corrected chi connectivity index (χ3v) is 3.64. The van der Waals surface area contributed by atoms with E-state index in [2.05, 4.69) is 22.0 Å². The Hall–Kier alpha value is -2.22. The zero-order chi connectivity index (χ0) is 14.5. The van der Waals surface area contributed by atoms with Crippen LogP contribution in [0.2, 0.25) is 0 Å². The molecule has 0 aliphatic carbocycles. The molecule has 1 aromatic carbocycles. The van der Waals surface area contributed by atoms with Gasteiger partial charge in [-0.1, -0.05) is 18.2 Å². The van der Waals surface area contributed by atoms with Gasteiger partial charge in [-0.2, -0.15) is 5.26 Å². The fourth-order valence-corrected chi connectivity index (χ4v) is 2.42. The van der Waals surface area contributed by atoms with Gasteiger partial charge in [-0.15, -0.1) is 0 Å². The smallest absolute Gasteiger partial charge is 0.0991 e. The van der Waals surface area contributed by atoms with E-state index in [0.29, 0.717) is 5.56 Å². The molecule has 3 rings (SSSR count). The van der Waals surface area contributed by atoms with Gasteiger partial charge < -0.3 is 4.74 Å². The third kappa shape index (κ3) is 3.46. The summed E-state index contributed by atoms with van der Waals surface area (Å²) in [5.74, 6) is 0. The molecule has 4 heteroatoms. The molecule has 0 spiro atoms. The van der Waals surface area contributed by atoms with Crippen molar-refractivity contribution < 1.29 is 4.74 Å². The maximum Gasteiger partial charge on any atom is 0.0991 e. The van der Waals surface area contributed by atoms with Crippen LogP contribution in [-0.4, -0.2) is 36.2 Å². The number of morpholine rings is 1. The molecule has 1 aliphatic rings. The normalized spacial score (nSPS) is 15.6. The molecular formula is C17H17N3O. The molecular weight excluding hydrogens is 262 g/mol. The molecule has 0 amide bonds. The van der Waals surface area contributed by atoms with Crippen LogP contribution in [0.25, 0.3) is 11.3 Å². The highest BCUT2D eigenvalue weighted by Gasteiger charge is 2.10. The molecule has 0 N–H and O–H groups in total. The first-order valence-corrected chi connectivity index (χ1v) is 7.11. The van der Waals surface area contributed by atoms with Gasteiger partial charge in [0.05, 0.1) is 30.5 Å². The molecule has 1 aromatic heterocycles. The summed E-state index contributed by atoms with van der Waals surface area (Å²) >= 11 is 0. The molecule has 0 saturated carbocycles. The van der Waals surface area contributed by atoms with E-state index in [4.69, 9.17) is 10.00 Å². The minimum absolute atomic E-state index is 0.669. The van der Waals surface area contributed by atoms with Crippen LogP contribution >= 0.6 is 0 Å². The Morgan fingerprint density at radius 1 is 1.10 bits per heavy atom. The van der Waals surface area contributed by atoms with Crippen molar-refractivity contribution in [2.45, 2.75) is 6.54 Å². The molecule has 21 heavy (non-hydrogen) atoms. The number of nitriles is 1. The van der Waals surface area contributed by atoms with Crippen LogP contribution in [-0.2, 0) is 11.3 Å². The number of rotatable bonds is 3. The third-order valence-electron chi connectivity index (χ3n) is 3.64. The van der Waals surface area contributed by atoms with Crippen LogP contribution in [0.15, 0.2) is 42.6 Å². The monoisotopic (exact) mass is 279 g/mol. The lowest BCUT2D eigenvalue weighted by molar-refractivity contribution is 0.0341. The molecule has 1 aliphatic heterocycles. The van der Waals surface area contributed by atoms with Gasteiger partial charge >= 0.3 is 0 Å². The second-order valence-corrected chi connectivity index (χ2v) is 5.13. The molecule has 0 radical (unpaired) electrons. The van der Waals surface area contributed by atoms with Gasteiger partial charge in [0, 0.05) is 31.4 Å². The van der Waals surface area contributed by atoms with E-state index in [0.717, 1.165) is 44.1 Å². The van der Waals surface area contributed by atoms with Crippen LogP contribution in [0.1, 0.15) is 11.1 Å². The van der Waals surface area contributed by atoms with Crippen molar-refractivity contribution in [2.24, 2.45) is 0 Å². The van der Waals surface area contributed by atoms with Gasteiger partial charge in [0.15, 0.2) is 0 Å². The first-order chi connectivity index (χ1) is 10.3. The van der Waals surface area contributed by atoms with E-state index in [1.807, 2.05) is 36.5 Å². The van der Waals surface area contributed by atoms with Crippen LogP contribution < -0.4 is 0 Å². The van der Waals surface area contributed by atoms with Gasteiger partial charge in [0.25, 0.3) is 0 Å². The van der Waals surface area contributed by atoms with Crippen LogP contribution in [0, 0.1) is 11.3 Å². The zero-order valence-corrected chi connectivity index (χ0v) is 11.8.